The molecule has 1 aromatic carbocycles. The van der Waals surface area contributed by atoms with Crippen molar-refractivity contribution >= 4 is 35.0 Å². The van der Waals surface area contributed by atoms with Crippen molar-refractivity contribution in [2.24, 2.45) is 0 Å². The largest absolute Gasteiger partial charge is 0.490 e. The van der Waals surface area contributed by atoms with Crippen molar-refractivity contribution in [1.82, 2.24) is 4.90 Å². The molecule has 0 N–H and O–H groups in total. The molecule has 2 rings (SSSR count). The van der Waals surface area contributed by atoms with Gasteiger partial charge >= 0.3 is 5.97 Å². The number of amides is 2. The van der Waals surface area contributed by atoms with Crippen LogP contribution < -0.4 is 4.74 Å². The summed E-state index contributed by atoms with van der Waals surface area (Å²) in [5.41, 5.74) is 0.702. The van der Waals surface area contributed by atoms with Crippen LogP contribution in [0.1, 0.15) is 26.3 Å². The molecule has 1 saturated heterocycles. The van der Waals surface area contributed by atoms with E-state index < -0.39 is 17.1 Å². The van der Waals surface area contributed by atoms with E-state index >= 15 is 0 Å². The lowest BCUT2D eigenvalue weighted by Gasteiger charge is -2.12. The first-order valence-electron chi connectivity index (χ1n) is 7.59. The number of para-hydroxylation sites is 1. The zero-order valence-electron chi connectivity index (χ0n) is 13.8. The Balaban J connectivity index is 2.21. The molecule has 7 heteroatoms. The Morgan fingerprint density at radius 3 is 2.67 bits per heavy atom. The average Bonchev–Trinajstić information content (AvgIpc) is 2.77. The lowest BCUT2D eigenvalue weighted by molar-refractivity contribution is -0.145. The Labute approximate surface area is 144 Å². The van der Waals surface area contributed by atoms with E-state index in [4.69, 9.17) is 9.47 Å². The van der Waals surface area contributed by atoms with Gasteiger partial charge in [-0.2, -0.15) is 0 Å². The molecular weight excluding hydrogens is 330 g/mol. The summed E-state index contributed by atoms with van der Waals surface area (Å²) in [5.74, 6) is -0.480. The monoisotopic (exact) mass is 349 g/mol. The molecule has 0 saturated carbocycles. The second-order valence-electron chi connectivity index (χ2n) is 5.28. The zero-order chi connectivity index (χ0) is 17.7. The van der Waals surface area contributed by atoms with E-state index in [1.54, 1.807) is 25.1 Å². The molecule has 1 fully saturated rings. The quantitative estimate of drug-likeness (QED) is 0.580. The molecule has 0 atom stereocenters. The van der Waals surface area contributed by atoms with Crippen LogP contribution in [0.15, 0.2) is 29.2 Å². The van der Waals surface area contributed by atoms with Crippen LogP contribution in [0.5, 0.6) is 5.75 Å². The van der Waals surface area contributed by atoms with Crippen molar-refractivity contribution in [3.8, 4) is 5.75 Å². The van der Waals surface area contributed by atoms with Crippen LogP contribution in [0.4, 0.5) is 4.79 Å². The summed E-state index contributed by atoms with van der Waals surface area (Å²) in [6.45, 7) is 5.30. The number of carbonyl (C=O) groups is 3. The number of carbonyl (C=O) groups excluding carboxylic acids is 3. The molecule has 128 valence electrons. The third kappa shape index (κ3) is 4.38. The van der Waals surface area contributed by atoms with E-state index in [1.807, 2.05) is 26.0 Å². The second kappa shape index (κ2) is 8.01. The molecule has 1 heterocycles. The first-order chi connectivity index (χ1) is 11.4. The summed E-state index contributed by atoms with van der Waals surface area (Å²) in [4.78, 5) is 37.0. The predicted octanol–water partition coefficient (Wildman–Crippen LogP) is 3.07. The molecule has 6 nitrogen and oxygen atoms in total. The number of esters is 1. The van der Waals surface area contributed by atoms with Gasteiger partial charge < -0.3 is 9.47 Å². The highest BCUT2D eigenvalue weighted by Gasteiger charge is 2.36. The number of imide groups is 1. The van der Waals surface area contributed by atoms with Gasteiger partial charge in [-0.15, -0.1) is 0 Å². The van der Waals surface area contributed by atoms with Crippen LogP contribution in [0.2, 0.25) is 0 Å². The molecule has 1 aliphatic heterocycles. The van der Waals surface area contributed by atoms with Gasteiger partial charge in [-0.25, -0.2) is 0 Å². The summed E-state index contributed by atoms with van der Waals surface area (Å²) in [7, 11) is 0. The van der Waals surface area contributed by atoms with Gasteiger partial charge in [0.15, 0.2) is 0 Å². The molecule has 24 heavy (non-hydrogen) atoms. The molecule has 1 aromatic rings. The van der Waals surface area contributed by atoms with Gasteiger partial charge in [0.1, 0.15) is 12.3 Å². The van der Waals surface area contributed by atoms with Gasteiger partial charge in [0, 0.05) is 5.56 Å². The average molecular weight is 349 g/mol. The molecule has 2 amide bonds. The summed E-state index contributed by atoms with van der Waals surface area (Å²) in [5, 5.41) is -0.485. The van der Waals surface area contributed by atoms with E-state index in [1.165, 1.54) is 0 Å². The van der Waals surface area contributed by atoms with Gasteiger partial charge in [-0.05, 0) is 44.7 Å². The minimum absolute atomic E-state index is 0.0153. The highest BCUT2D eigenvalue weighted by Crippen LogP contribution is 2.34. The van der Waals surface area contributed by atoms with Crippen LogP contribution in [0, 0.1) is 0 Å². The summed E-state index contributed by atoms with van der Waals surface area (Å²) >= 11 is 0.799. The van der Waals surface area contributed by atoms with Crippen LogP contribution in [0.25, 0.3) is 6.08 Å². The summed E-state index contributed by atoms with van der Waals surface area (Å²) in [6.07, 6.45) is 1.59. The lowest BCUT2D eigenvalue weighted by atomic mass is 10.2. The highest BCUT2D eigenvalue weighted by atomic mass is 32.2. The molecule has 0 radical (unpaired) electrons. The molecular formula is C17H19NO5S. The fraction of sp³-hybridized carbons (Fsp3) is 0.353. The second-order valence-corrected chi connectivity index (χ2v) is 6.27. The molecule has 0 aromatic heterocycles. The molecule has 0 spiro atoms. The molecule has 0 unspecified atom stereocenters. The fourth-order valence-electron chi connectivity index (χ4n) is 2.07. The van der Waals surface area contributed by atoms with E-state index in [0.717, 1.165) is 16.7 Å². The Morgan fingerprint density at radius 1 is 1.29 bits per heavy atom. The Kier molecular flexibility index (Phi) is 6.03. The third-order valence-electron chi connectivity index (χ3n) is 3.03. The first-order valence-corrected chi connectivity index (χ1v) is 8.40. The van der Waals surface area contributed by atoms with Crippen LogP contribution in [-0.4, -0.2) is 41.3 Å². The smallest absolute Gasteiger partial charge is 0.326 e. The number of ether oxygens (including phenoxy) is 2. The topological polar surface area (TPSA) is 72.9 Å². The number of thioether (sulfide) groups is 1. The van der Waals surface area contributed by atoms with Crippen molar-refractivity contribution in [2.45, 2.75) is 26.9 Å². The summed E-state index contributed by atoms with van der Waals surface area (Å²) < 4.78 is 10.5. The van der Waals surface area contributed by atoms with Crippen molar-refractivity contribution in [2.75, 3.05) is 13.2 Å². The number of benzene rings is 1. The van der Waals surface area contributed by atoms with Crippen molar-refractivity contribution in [3.05, 3.63) is 34.7 Å². The van der Waals surface area contributed by atoms with Crippen LogP contribution in [0.3, 0.4) is 0 Å². The van der Waals surface area contributed by atoms with Crippen LogP contribution >= 0.6 is 11.8 Å². The highest BCUT2D eigenvalue weighted by molar-refractivity contribution is 8.18. The maximum atomic E-state index is 12.4. The van der Waals surface area contributed by atoms with E-state index in [9.17, 15) is 14.4 Å². The Bertz CT molecular complexity index is 683. The van der Waals surface area contributed by atoms with Gasteiger partial charge in [0.25, 0.3) is 11.1 Å². The SMILES string of the molecule is CCOC(=O)CN1C(=O)S/C(=C\c2ccccc2OC(C)C)C1=O. The maximum Gasteiger partial charge on any atom is 0.326 e. The van der Waals surface area contributed by atoms with Crippen LogP contribution in [-0.2, 0) is 14.3 Å². The first kappa shape index (κ1) is 18.1. The van der Waals surface area contributed by atoms with E-state index in [2.05, 4.69) is 0 Å². The normalized spacial score (nSPS) is 16.2. The standard InChI is InChI=1S/C17H19NO5S/c1-4-22-15(19)10-18-16(20)14(24-17(18)21)9-12-7-5-6-8-13(12)23-11(2)3/h5-9,11H,4,10H2,1-3H3/b14-9-. The van der Waals surface area contributed by atoms with Crippen molar-refractivity contribution in [1.29, 1.82) is 0 Å². The molecule has 0 aliphatic carbocycles. The minimum atomic E-state index is -0.607. The zero-order valence-corrected chi connectivity index (χ0v) is 14.6. The van der Waals surface area contributed by atoms with Crippen molar-refractivity contribution < 1.29 is 23.9 Å². The number of nitrogens with zero attached hydrogens (tertiary/aromatic N) is 1. The lowest BCUT2D eigenvalue weighted by Crippen LogP contribution is -2.34. The third-order valence-corrected chi connectivity index (χ3v) is 3.94. The van der Waals surface area contributed by atoms with Gasteiger partial charge in [-0.1, -0.05) is 18.2 Å². The Morgan fingerprint density at radius 2 is 2.00 bits per heavy atom. The predicted molar refractivity (Wildman–Crippen MR) is 91.5 cm³/mol. The summed E-state index contributed by atoms with van der Waals surface area (Å²) in [6, 6.07) is 7.26. The molecule has 0 bridgehead atoms. The maximum absolute atomic E-state index is 12.4. The number of hydrogen-bond donors (Lipinski definition) is 0. The van der Waals surface area contributed by atoms with Gasteiger partial charge in [0.05, 0.1) is 17.6 Å². The minimum Gasteiger partial charge on any atom is -0.490 e. The van der Waals surface area contributed by atoms with E-state index in [-0.39, 0.29) is 24.2 Å². The van der Waals surface area contributed by atoms with Crippen molar-refractivity contribution in [3.63, 3.8) is 0 Å². The number of rotatable bonds is 6. The number of hydrogen-bond acceptors (Lipinski definition) is 6. The Hall–Kier alpha value is -2.28. The fourth-order valence-corrected chi connectivity index (χ4v) is 2.90. The van der Waals surface area contributed by atoms with E-state index in [0.29, 0.717) is 11.3 Å². The van der Waals surface area contributed by atoms with Gasteiger partial charge in [-0.3, -0.25) is 19.3 Å². The van der Waals surface area contributed by atoms with Gasteiger partial charge in [0.2, 0.25) is 0 Å². The molecule has 1 aliphatic rings.